The van der Waals surface area contributed by atoms with Gasteiger partial charge < -0.3 is 10.5 Å². The van der Waals surface area contributed by atoms with Crippen LogP contribution in [0.25, 0.3) is 0 Å². The van der Waals surface area contributed by atoms with E-state index in [0.29, 0.717) is 19.4 Å². The Hall–Kier alpha value is -1.35. The lowest BCUT2D eigenvalue weighted by molar-refractivity contribution is -0.128. The molecule has 0 amide bonds. The van der Waals surface area contributed by atoms with Gasteiger partial charge in [0.05, 0.1) is 12.7 Å². The standard InChI is InChI=1S/C11H13NO2/c12-9-3-1-8(2-4-9)11-7-10(13)5-6-14-11/h1-4,11H,5-7,12H2. The van der Waals surface area contributed by atoms with Crippen molar-refractivity contribution >= 4 is 11.5 Å². The molecule has 1 heterocycles. The zero-order valence-corrected chi connectivity index (χ0v) is 7.90. The van der Waals surface area contributed by atoms with Gasteiger partial charge in [0.25, 0.3) is 0 Å². The van der Waals surface area contributed by atoms with Crippen LogP contribution < -0.4 is 5.73 Å². The van der Waals surface area contributed by atoms with Crippen LogP contribution in [0.15, 0.2) is 24.3 Å². The van der Waals surface area contributed by atoms with E-state index in [2.05, 4.69) is 0 Å². The van der Waals surface area contributed by atoms with Crippen LogP contribution in [-0.2, 0) is 9.53 Å². The molecule has 3 nitrogen and oxygen atoms in total. The molecule has 1 aromatic rings. The zero-order chi connectivity index (χ0) is 9.97. The summed E-state index contributed by atoms with van der Waals surface area (Å²) in [5, 5.41) is 0. The molecule has 2 N–H and O–H groups in total. The number of nitrogens with two attached hydrogens (primary N) is 1. The van der Waals surface area contributed by atoms with E-state index in [0.717, 1.165) is 11.3 Å². The second-order valence-electron chi connectivity index (χ2n) is 3.52. The van der Waals surface area contributed by atoms with Gasteiger partial charge in [-0.1, -0.05) is 12.1 Å². The number of nitrogen functional groups attached to an aromatic ring is 1. The van der Waals surface area contributed by atoms with Gasteiger partial charge in [-0.3, -0.25) is 4.79 Å². The molecule has 0 aromatic heterocycles. The van der Waals surface area contributed by atoms with Crippen LogP contribution >= 0.6 is 0 Å². The third-order valence-corrected chi connectivity index (χ3v) is 2.42. The molecular formula is C11H13NO2. The van der Waals surface area contributed by atoms with E-state index in [4.69, 9.17) is 10.5 Å². The molecule has 0 saturated carbocycles. The summed E-state index contributed by atoms with van der Waals surface area (Å²) in [5.41, 5.74) is 7.34. The van der Waals surface area contributed by atoms with Crippen LogP contribution in [0.5, 0.6) is 0 Å². The zero-order valence-electron chi connectivity index (χ0n) is 7.90. The lowest BCUT2D eigenvalue weighted by Gasteiger charge is -2.22. The largest absolute Gasteiger partial charge is 0.399 e. The molecule has 0 spiro atoms. The third kappa shape index (κ3) is 1.93. The molecule has 1 fully saturated rings. The maximum atomic E-state index is 11.2. The predicted molar refractivity (Wildman–Crippen MR) is 53.8 cm³/mol. The van der Waals surface area contributed by atoms with E-state index in [-0.39, 0.29) is 11.9 Å². The Kier molecular flexibility index (Phi) is 2.50. The van der Waals surface area contributed by atoms with Crippen LogP contribution in [0.1, 0.15) is 24.5 Å². The Morgan fingerprint density at radius 2 is 2.00 bits per heavy atom. The topological polar surface area (TPSA) is 52.3 Å². The molecule has 3 heteroatoms. The SMILES string of the molecule is Nc1ccc(C2CC(=O)CCO2)cc1. The molecule has 1 aliphatic heterocycles. The van der Waals surface area contributed by atoms with Crippen molar-refractivity contribution < 1.29 is 9.53 Å². The third-order valence-electron chi connectivity index (χ3n) is 2.42. The predicted octanol–water partition coefficient (Wildman–Crippen LogP) is 1.69. The smallest absolute Gasteiger partial charge is 0.138 e. The minimum atomic E-state index is -0.0724. The highest BCUT2D eigenvalue weighted by atomic mass is 16.5. The summed E-state index contributed by atoms with van der Waals surface area (Å²) in [7, 11) is 0. The van der Waals surface area contributed by atoms with Gasteiger partial charge in [-0.05, 0) is 17.7 Å². The molecule has 0 bridgehead atoms. The number of hydrogen-bond donors (Lipinski definition) is 1. The number of anilines is 1. The maximum absolute atomic E-state index is 11.2. The van der Waals surface area contributed by atoms with Gasteiger partial charge in [0.15, 0.2) is 0 Å². The quantitative estimate of drug-likeness (QED) is 0.687. The molecule has 1 atom stereocenters. The van der Waals surface area contributed by atoms with Crippen molar-refractivity contribution in [1.82, 2.24) is 0 Å². The van der Waals surface area contributed by atoms with Crippen LogP contribution in [0.4, 0.5) is 5.69 Å². The Morgan fingerprint density at radius 3 is 2.64 bits per heavy atom. The Morgan fingerprint density at radius 1 is 1.29 bits per heavy atom. The first-order valence-electron chi connectivity index (χ1n) is 4.74. The monoisotopic (exact) mass is 191 g/mol. The summed E-state index contributed by atoms with van der Waals surface area (Å²) in [6.45, 7) is 0.536. The maximum Gasteiger partial charge on any atom is 0.138 e. The van der Waals surface area contributed by atoms with E-state index in [1.807, 2.05) is 24.3 Å². The van der Waals surface area contributed by atoms with E-state index in [1.165, 1.54) is 0 Å². The minimum absolute atomic E-state index is 0.0724. The lowest BCUT2D eigenvalue weighted by Crippen LogP contribution is -2.19. The summed E-state index contributed by atoms with van der Waals surface area (Å²) in [6, 6.07) is 7.49. The van der Waals surface area contributed by atoms with Crippen LogP contribution in [0.3, 0.4) is 0 Å². The Bertz CT molecular complexity index is 332. The van der Waals surface area contributed by atoms with Gasteiger partial charge in [-0.15, -0.1) is 0 Å². The molecule has 1 aromatic carbocycles. The summed E-state index contributed by atoms with van der Waals surface area (Å²) < 4.78 is 5.51. The van der Waals surface area contributed by atoms with Crippen molar-refractivity contribution in [3.05, 3.63) is 29.8 Å². The molecule has 1 aliphatic rings. The number of hydrogen-bond acceptors (Lipinski definition) is 3. The fraction of sp³-hybridized carbons (Fsp3) is 0.364. The van der Waals surface area contributed by atoms with Crippen molar-refractivity contribution in [3.63, 3.8) is 0 Å². The Labute approximate surface area is 82.9 Å². The first kappa shape index (κ1) is 9.21. The highest BCUT2D eigenvalue weighted by Gasteiger charge is 2.21. The second kappa shape index (κ2) is 3.80. The molecule has 14 heavy (non-hydrogen) atoms. The number of carbonyl (C=O) groups excluding carboxylic acids is 1. The average Bonchev–Trinajstić information content (AvgIpc) is 2.19. The fourth-order valence-electron chi connectivity index (χ4n) is 1.61. The summed E-state index contributed by atoms with van der Waals surface area (Å²) >= 11 is 0. The first-order valence-corrected chi connectivity index (χ1v) is 4.74. The number of Topliss-reactive ketones (excluding diaryl/α,β-unsaturated/α-hetero) is 1. The number of benzene rings is 1. The number of carbonyl (C=O) groups is 1. The highest BCUT2D eigenvalue weighted by molar-refractivity contribution is 5.79. The summed E-state index contributed by atoms with van der Waals surface area (Å²) in [4.78, 5) is 11.2. The molecular weight excluding hydrogens is 178 g/mol. The number of rotatable bonds is 1. The fourth-order valence-corrected chi connectivity index (χ4v) is 1.61. The minimum Gasteiger partial charge on any atom is -0.399 e. The molecule has 1 saturated heterocycles. The Balaban J connectivity index is 2.14. The second-order valence-corrected chi connectivity index (χ2v) is 3.52. The van der Waals surface area contributed by atoms with Crippen molar-refractivity contribution in [1.29, 1.82) is 0 Å². The lowest BCUT2D eigenvalue weighted by atomic mass is 10.0. The molecule has 1 unspecified atom stereocenters. The average molecular weight is 191 g/mol. The van der Waals surface area contributed by atoms with Gasteiger partial charge in [0.1, 0.15) is 5.78 Å². The van der Waals surface area contributed by atoms with Gasteiger partial charge in [0, 0.05) is 18.5 Å². The van der Waals surface area contributed by atoms with Gasteiger partial charge in [-0.25, -0.2) is 0 Å². The first-order chi connectivity index (χ1) is 6.75. The van der Waals surface area contributed by atoms with E-state index in [9.17, 15) is 4.79 Å². The van der Waals surface area contributed by atoms with Gasteiger partial charge in [0.2, 0.25) is 0 Å². The highest BCUT2D eigenvalue weighted by Crippen LogP contribution is 2.26. The van der Waals surface area contributed by atoms with Crippen molar-refractivity contribution in [3.8, 4) is 0 Å². The van der Waals surface area contributed by atoms with Crippen molar-refractivity contribution in [2.45, 2.75) is 18.9 Å². The number of ketones is 1. The van der Waals surface area contributed by atoms with Crippen molar-refractivity contribution in [2.24, 2.45) is 0 Å². The molecule has 74 valence electrons. The molecule has 2 rings (SSSR count). The van der Waals surface area contributed by atoms with Crippen molar-refractivity contribution in [2.75, 3.05) is 12.3 Å². The van der Waals surface area contributed by atoms with E-state index < -0.39 is 0 Å². The van der Waals surface area contributed by atoms with Crippen LogP contribution in [0, 0.1) is 0 Å². The number of ether oxygens (including phenoxy) is 1. The summed E-state index contributed by atoms with van der Waals surface area (Å²) in [5.74, 6) is 0.276. The van der Waals surface area contributed by atoms with Crippen LogP contribution in [-0.4, -0.2) is 12.4 Å². The van der Waals surface area contributed by atoms with Gasteiger partial charge >= 0.3 is 0 Å². The normalized spacial score (nSPS) is 22.3. The van der Waals surface area contributed by atoms with Gasteiger partial charge in [-0.2, -0.15) is 0 Å². The van der Waals surface area contributed by atoms with E-state index >= 15 is 0 Å². The van der Waals surface area contributed by atoms with E-state index in [1.54, 1.807) is 0 Å². The van der Waals surface area contributed by atoms with Crippen LogP contribution in [0.2, 0.25) is 0 Å². The summed E-state index contributed by atoms with van der Waals surface area (Å²) in [6.07, 6.45) is 0.965. The molecule has 0 radical (unpaired) electrons. The molecule has 0 aliphatic carbocycles.